The van der Waals surface area contributed by atoms with Gasteiger partial charge in [-0.05, 0) is 71.8 Å². The van der Waals surface area contributed by atoms with Crippen LogP contribution >= 0.6 is 0 Å². The number of hydrogen-bond donors (Lipinski definition) is 1. The number of aliphatic hydroxyl groups excluding tert-OH is 1. The number of anilines is 3. The van der Waals surface area contributed by atoms with Crippen LogP contribution in [0.2, 0.25) is 18.6 Å². The molecular formula is C46H47N3O6Si. The maximum absolute atomic E-state index is 15.5. The van der Waals surface area contributed by atoms with Crippen LogP contribution in [0.4, 0.5) is 17.1 Å². The first-order chi connectivity index (χ1) is 27.1. The number of carbonyl (C=O) groups excluding carboxylic acids is 3. The molecule has 1 spiro atoms. The molecule has 10 heteroatoms. The van der Waals surface area contributed by atoms with Crippen LogP contribution in [0.25, 0.3) is 10.8 Å². The Hall–Kier alpha value is -5.29. The lowest BCUT2D eigenvalue weighted by molar-refractivity contribution is -0.150. The lowest BCUT2D eigenvalue weighted by atomic mass is 9.82. The second-order valence-electron chi connectivity index (χ2n) is 16.3. The van der Waals surface area contributed by atoms with Gasteiger partial charge in [0.15, 0.2) is 5.60 Å². The van der Waals surface area contributed by atoms with Crippen molar-refractivity contribution in [2.75, 3.05) is 30.1 Å². The standard InChI is InChI=1S/C46H47N3O6Si/c1-29-43(56(3,4)35-21-19-34(54-2)20-22-35)40(26-41(51)47-24-10-15-33(47)28-50)55-46(29)37-25-32(18-23-38(37)48(45(46)53)27-30-11-6-5-7-12-30)49-39-17-9-14-31-13-8-16-36(42(31)39)44(49)52/h5-9,11-14,16-23,25,29,33,40,43,50H,10,15,24,26-28H2,1-4H3/t29-,33+,40+,43-,46+/m1/s1. The fourth-order valence-electron chi connectivity index (χ4n) is 10.4. The molecule has 4 aliphatic heterocycles. The van der Waals surface area contributed by atoms with Crippen LogP contribution in [0.5, 0.6) is 5.75 Å². The Morgan fingerprint density at radius 2 is 1.68 bits per heavy atom. The zero-order valence-corrected chi connectivity index (χ0v) is 33.3. The van der Waals surface area contributed by atoms with E-state index >= 15 is 4.79 Å². The molecule has 5 aromatic carbocycles. The van der Waals surface area contributed by atoms with E-state index in [-0.39, 0.29) is 48.3 Å². The largest absolute Gasteiger partial charge is 0.497 e. The summed E-state index contributed by atoms with van der Waals surface area (Å²) < 4.78 is 12.9. The number of hydrogen-bond acceptors (Lipinski definition) is 6. The van der Waals surface area contributed by atoms with Crippen LogP contribution in [0.1, 0.15) is 47.7 Å². The predicted molar refractivity (Wildman–Crippen MR) is 221 cm³/mol. The van der Waals surface area contributed by atoms with Gasteiger partial charge in [0.05, 0.1) is 63.8 Å². The number of nitrogens with zero attached hydrogens (tertiary/aromatic N) is 3. The van der Waals surface area contributed by atoms with Crippen LogP contribution < -0.4 is 19.7 Å². The zero-order valence-electron chi connectivity index (χ0n) is 32.3. The fourth-order valence-corrected chi connectivity index (χ4v) is 14.4. The van der Waals surface area contributed by atoms with Gasteiger partial charge in [0.25, 0.3) is 11.8 Å². The second-order valence-corrected chi connectivity index (χ2v) is 21.0. The number of carbonyl (C=O) groups is 3. The molecule has 9 nitrogen and oxygen atoms in total. The summed E-state index contributed by atoms with van der Waals surface area (Å²) in [6.07, 6.45) is 1.13. The normalized spacial score (nSPS) is 24.2. The minimum Gasteiger partial charge on any atom is -0.497 e. The van der Waals surface area contributed by atoms with E-state index in [1.54, 1.807) is 16.9 Å². The van der Waals surface area contributed by atoms with E-state index < -0.39 is 19.8 Å². The van der Waals surface area contributed by atoms with Crippen LogP contribution in [0.15, 0.2) is 109 Å². The van der Waals surface area contributed by atoms with Crippen molar-refractivity contribution in [2.24, 2.45) is 5.92 Å². The summed E-state index contributed by atoms with van der Waals surface area (Å²) in [5, 5.41) is 13.2. The van der Waals surface area contributed by atoms with E-state index in [2.05, 4.69) is 32.2 Å². The number of rotatable bonds is 9. The molecule has 0 radical (unpaired) electrons. The molecule has 0 saturated carbocycles. The van der Waals surface area contributed by atoms with E-state index in [1.165, 1.54) is 5.19 Å². The first-order valence-electron chi connectivity index (χ1n) is 19.7. The van der Waals surface area contributed by atoms with Gasteiger partial charge in [-0.1, -0.05) is 91.9 Å². The molecule has 0 aromatic heterocycles. The summed E-state index contributed by atoms with van der Waals surface area (Å²) in [5.74, 6) is 0.0887. The third kappa shape index (κ3) is 5.44. The van der Waals surface area contributed by atoms with Gasteiger partial charge in [-0.25, -0.2) is 0 Å². The monoisotopic (exact) mass is 765 g/mol. The molecule has 1 N–H and O–H groups in total. The van der Waals surface area contributed by atoms with Gasteiger partial charge in [-0.15, -0.1) is 0 Å². The number of benzene rings is 5. The molecule has 5 aromatic rings. The van der Waals surface area contributed by atoms with Gasteiger partial charge in [-0.3, -0.25) is 19.3 Å². The lowest BCUT2D eigenvalue weighted by Crippen LogP contribution is -2.52. The first kappa shape index (κ1) is 36.4. The predicted octanol–water partition coefficient (Wildman–Crippen LogP) is 7.28. The van der Waals surface area contributed by atoms with Crippen molar-refractivity contribution in [3.05, 3.63) is 126 Å². The van der Waals surface area contributed by atoms with Gasteiger partial charge in [0.1, 0.15) is 5.75 Å². The number of ether oxygens (including phenoxy) is 2. The van der Waals surface area contributed by atoms with Gasteiger partial charge in [0.2, 0.25) is 5.91 Å². The summed E-state index contributed by atoms with van der Waals surface area (Å²) in [7, 11) is -0.888. The third-order valence-electron chi connectivity index (χ3n) is 13.1. The molecule has 2 fully saturated rings. The summed E-state index contributed by atoms with van der Waals surface area (Å²) in [4.78, 5) is 49.4. The highest BCUT2D eigenvalue weighted by atomic mass is 28.3. The molecule has 286 valence electrons. The highest BCUT2D eigenvalue weighted by Gasteiger charge is 2.66. The molecule has 0 unspecified atom stereocenters. The molecular weight excluding hydrogens is 719 g/mol. The molecule has 5 atom stereocenters. The zero-order chi connectivity index (χ0) is 38.9. The Morgan fingerprint density at radius 3 is 2.41 bits per heavy atom. The van der Waals surface area contributed by atoms with Gasteiger partial charge < -0.3 is 24.4 Å². The van der Waals surface area contributed by atoms with Crippen molar-refractivity contribution in [1.82, 2.24) is 4.90 Å². The quantitative estimate of drug-likeness (QED) is 0.159. The molecule has 2 saturated heterocycles. The average molecular weight is 766 g/mol. The summed E-state index contributed by atoms with van der Waals surface area (Å²) in [6.45, 7) is 7.59. The van der Waals surface area contributed by atoms with Crippen molar-refractivity contribution in [3.8, 4) is 5.75 Å². The fraction of sp³-hybridized carbons (Fsp3) is 0.326. The van der Waals surface area contributed by atoms with Crippen molar-refractivity contribution in [3.63, 3.8) is 0 Å². The van der Waals surface area contributed by atoms with Crippen LogP contribution in [-0.2, 0) is 26.5 Å². The highest BCUT2D eigenvalue weighted by Crippen LogP contribution is 2.61. The molecule has 9 rings (SSSR count). The molecule has 0 aliphatic carbocycles. The van der Waals surface area contributed by atoms with E-state index in [4.69, 9.17) is 9.47 Å². The Bertz CT molecular complexity index is 2360. The van der Waals surface area contributed by atoms with Crippen LogP contribution in [0.3, 0.4) is 0 Å². The van der Waals surface area contributed by atoms with E-state index in [1.807, 2.05) is 102 Å². The topological polar surface area (TPSA) is 99.6 Å². The summed E-state index contributed by atoms with van der Waals surface area (Å²) in [5.41, 5.74) is 2.98. The van der Waals surface area contributed by atoms with Crippen LogP contribution in [-0.4, -0.2) is 68.2 Å². The van der Waals surface area contributed by atoms with Crippen molar-refractivity contribution in [2.45, 2.75) is 69.1 Å². The third-order valence-corrected chi connectivity index (χ3v) is 17.5. The molecule has 4 aliphatic rings. The number of likely N-dealkylation sites (tertiary alicyclic amines) is 1. The Balaban J connectivity index is 1.19. The molecule has 56 heavy (non-hydrogen) atoms. The molecule has 4 heterocycles. The SMILES string of the molecule is COc1ccc([Si](C)(C)[C@H]2[C@H](CC(=O)N3CCC[C@H]3CO)O[C@@]3(C(=O)N(Cc4ccccc4)c4ccc(N5C(=O)c6cccc7cccc5c67)cc43)[C@@H]2C)cc1. The van der Waals surface area contributed by atoms with Crippen LogP contribution in [0, 0.1) is 5.92 Å². The smallest absolute Gasteiger partial charge is 0.264 e. The molecule has 0 bridgehead atoms. The summed E-state index contributed by atoms with van der Waals surface area (Å²) in [6, 6.07) is 35.6. The van der Waals surface area contributed by atoms with Crippen molar-refractivity contribution >= 4 is 58.8 Å². The first-order valence-corrected chi connectivity index (χ1v) is 22.8. The number of fused-ring (bicyclic) bond motifs is 2. The lowest BCUT2D eigenvalue weighted by Gasteiger charge is -2.37. The minimum atomic E-state index is -2.54. The minimum absolute atomic E-state index is 0.0607. The Morgan fingerprint density at radius 1 is 0.929 bits per heavy atom. The van der Waals surface area contributed by atoms with E-state index in [9.17, 15) is 14.7 Å². The molecule has 3 amide bonds. The second kappa shape index (κ2) is 13.7. The van der Waals surface area contributed by atoms with Gasteiger partial charge >= 0.3 is 0 Å². The van der Waals surface area contributed by atoms with Gasteiger partial charge in [0, 0.05) is 29.1 Å². The van der Waals surface area contributed by atoms with Crippen molar-refractivity contribution in [1.29, 1.82) is 0 Å². The maximum Gasteiger partial charge on any atom is 0.264 e. The summed E-state index contributed by atoms with van der Waals surface area (Å²) >= 11 is 0. The van der Waals surface area contributed by atoms with E-state index in [0.29, 0.717) is 29.9 Å². The Labute approximate surface area is 328 Å². The van der Waals surface area contributed by atoms with E-state index in [0.717, 1.165) is 46.3 Å². The maximum atomic E-state index is 15.5. The number of methoxy groups -OCH3 is 1. The average Bonchev–Trinajstić information content (AvgIpc) is 3.95. The number of amides is 3. The van der Waals surface area contributed by atoms with Crippen molar-refractivity contribution < 1.29 is 29.0 Å². The Kier molecular flexibility index (Phi) is 8.91. The number of aliphatic hydroxyl groups is 1. The van der Waals surface area contributed by atoms with Gasteiger partial charge in [-0.2, -0.15) is 0 Å². The highest BCUT2D eigenvalue weighted by molar-refractivity contribution is 6.91.